The molecule has 162 valence electrons. The van der Waals surface area contributed by atoms with E-state index in [0.29, 0.717) is 47.0 Å². The summed E-state index contributed by atoms with van der Waals surface area (Å²) in [5.74, 6) is 1.31. The fourth-order valence-electron chi connectivity index (χ4n) is 3.79. The predicted octanol–water partition coefficient (Wildman–Crippen LogP) is 4.44. The van der Waals surface area contributed by atoms with Crippen molar-refractivity contribution in [3.05, 3.63) is 83.2 Å². The molecule has 5 aromatic rings. The Bertz CT molecular complexity index is 1530. The van der Waals surface area contributed by atoms with E-state index in [2.05, 4.69) is 24.9 Å². The van der Waals surface area contributed by atoms with Gasteiger partial charge in [0.15, 0.2) is 29.3 Å². The second-order valence-electron chi connectivity index (χ2n) is 7.54. The van der Waals surface area contributed by atoms with Crippen LogP contribution in [0.3, 0.4) is 0 Å². The molecular formula is C24H20N8O. The van der Waals surface area contributed by atoms with Gasteiger partial charge in [0.05, 0.1) is 35.6 Å². The molecule has 0 atom stereocenters. The van der Waals surface area contributed by atoms with Crippen molar-refractivity contribution in [2.24, 2.45) is 0 Å². The highest BCUT2D eigenvalue weighted by molar-refractivity contribution is 5.90. The largest absolute Gasteiger partial charge is 0.443 e. The minimum atomic E-state index is 0.186. The number of pyridine rings is 1. The number of hydrogen-bond acceptors (Lipinski definition) is 7. The third-order valence-corrected chi connectivity index (χ3v) is 5.45. The number of hydrogen-bond donors (Lipinski definition) is 1. The van der Waals surface area contributed by atoms with Gasteiger partial charge in [0.1, 0.15) is 0 Å². The molecule has 0 aliphatic rings. The van der Waals surface area contributed by atoms with Gasteiger partial charge in [-0.25, -0.2) is 19.8 Å². The van der Waals surface area contributed by atoms with Gasteiger partial charge in [-0.3, -0.25) is 4.98 Å². The van der Waals surface area contributed by atoms with E-state index in [1.54, 1.807) is 18.3 Å². The van der Waals surface area contributed by atoms with E-state index < -0.39 is 0 Å². The maximum atomic E-state index is 7.38. The van der Waals surface area contributed by atoms with Crippen molar-refractivity contribution < 1.29 is 4.42 Å². The summed E-state index contributed by atoms with van der Waals surface area (Å²) >= 11 is 0. The zero-order valence-corrected chi connectivity index (χ0v) is 18.1. The summed E-state index contributed by atoms with van der Waals surface area (Å²) in [6, 6.07) is 11.1. The molecule has 2 N–H and O–H groups in total. The Balaban J connectivity index is 1.77. The highest BCUT2D eigenvalue weighted by atomic mass is 16.3. The normalized spacial score (nSPS) is 11.1. The molecule has 0 aliphatic heterocycles. The Morgan fingerprint density at radius 3 is 2.79 bits per heavy atom. The Morgan fingerprint density at radius 2 is 2.00 bits per heavy atom. The first kappa shape index (κ1) is 20.3. The summed E-state index contributed by atoms with van der Waals surface area (Å²) < 4.78 is 7.33. The number of nitrogen functional groups attached to an aromatic ring is 1. The number of aryl methyl sites for hydroxylation is 2. The maximum absolute atomic E-state index is 7.38. The lowest BCUT2D eigenvalue weighted by Crippen LogP contribution is -2.06. The summed E-state index contributed by atoms with van der Waals surface area (Å²) in [6.07, 6.45) is 4.28. The van der Waals surface area contributed by atoms with Crippen molar-refractivity contribution >= 4 is 17.3 Å². The smallest absolute Gasteiger partial charge is 0.223 e. The van der Waals surface area contributed by atoms with Crippen LogP contribution in [0.5, 0.6) is 0 Å². The molecule has 33 heavy (non-hydrogen) atoms. The summed E-state index contributed by atoms with van der Waals surface area (Å²) in [4.78, 5) is 21.8. The quantitative estimate of drug-likeness (QED) is 0.405. The van der Waals surface area contributed by atoms with Crippen LogP contribution in [0.25, 0.3) is 33.1 Å². The molecule has 0 fully saturated rings. The van der Waals surface area contributed by atoms with Crippen molar-refractivity contribution in [1.82, 2.24) is 29.5 Å². The van der Waals surface area contributed by atoms with Crippen LogP contribution in [0.4, 0.5) is 11.6 Å². The van der Waals surface area contributed by atoms with Gasteiger partial charge in [-0.05, 0) is 36.6 Å². The lowest BCUT2D eigenvalue weighted by molar-refractivity contribution is 0.571. The molecule has 0 unspecified atom stereocenters. The lowest BCUT2D eigenvalue weighted by atomic mass is 10.0. The number of rotatable bonds is 5. The van der Waals surface area contributed by atoms with Crippen molar-refractivity contribution in [3.63, 3.8) is 0 Å². The molecule has 1 aromatic carbocycles. The molecule has 9 nitrogen and oxygen atoms in total. The van der Waals surface area contributed by atoms with E-state index in [1.807, 2.05) is 38.1 Å². The van der Waals surface area contributed by atoms with Gasteiger partial charge in [0, 0.05) is 6.20 Å². The van der Waals surface area contributed by atoms with Crippen LogP contribution in [0.2, 0.25) is 0 Å². The van der Waals surface area contributed by atoms with Crippen LogP contribution < -0.4 is 5.73 Å². The van der Waals surface area contributed by atoms with Crippen LogP contribution in [-0.4, -0.2) is 29.5 Å². The third kappa shape index (κ3) is 3.57. The maximum Gasteiger partial charge on any atom is 0.223 e. The number of nitrogens with zero attached hydrogens (tertiary/aromatic N) is 7. The van der Waals surface area contributed by atoms with E-state index in [-0.39, 0.29) is 5.95 Å². The Morgan fingerprint density at radius 1 is 1.12 bits per heavy atom. The Kier molecular flexibility index (Phi) is 5.03. The number of nitrogens with two attached hydrogens (primary N) is 1. The molecule has 4 heterocycles. The zero-order valence-electron chi connectivity index (χ0n) is 18.1. The zero-order chi connectivity index (χ0) is 22.9. The highest BCUT2D eigenvalue weighted by Crippen LogP contribution is 2.37. The van der Waals surface area contributed by atoms with Crippen molar-refractivity contribution in [2.45, 2.75) is 26.7 Å². The molecule has 0 aliphatic carbocycles. The Hall–Kier alpha value is -4.58. The first-order valence-electron chi connectivity index (χ1n) is 10.4. The molecule has 0 saturated heterocycles. The van der Waals surface area contributed by atoms with Crippen LogP contribution in [0.15, 0.2) is 53.4 Å². The lowest BCUT2D eigenvalue weighted by Gasteiger charge is -2.11. The van der Waals surface area contributed by atoms with E-state index in [1.165, 1.54) is 10.9 Å². The van der Waals surface area contributed by atoms with Gasteiger partial charge < -0.3 is 10.2 Å². The van der Waals surface area contributed by atoms with Gasteiger partial charge in [0.2, 0.25) is 5.95 Å². The summed E-state index contributed by atoms with van der Waals surface area (Å²) in [5, 5.41) is 4.61. The van der Waals surface area contributed by atoms with Crippen LogP contribution in [0, 0.1) is 13.5 Å². The van der Waals surface area contributed by atoms with Gasteiger partial charge in [0.25, 0.3) is 0 Å². The number of benzene rings is 1. The van der Waals surface area contributed by atoms with Gasteiger partial charge >= 0.3 is 0 Å². The summed E-state index contributed by atoms with van der Waals surface area (Å²) in [7, 11) is 0. The number of fused-ring (bicyclic) bond motifs is 1. The molecule has 4 aromatic heterocycles. The van der Waals surface area contributed by atoms with Crippen LogP contribution >= 0.6 is 0 Å². The minimum absolute atomic E-state index is 0.186. The summed E-state index contributed by atoms with van der Waals surface area (Å²) in [6.45, 7) is 11.4. The average molecular weight is 436 g/mol. The van der Waals surface area contributed by atoms with Crippen LogP contribution in [0.1, 0.15) is 29.7 Å². The SMILES string of the molecule is [C-]#[N+]c1cccc(-c2nc(N)n3nc(Cc4ncccc4C)nc3c2-c2ocnc2CC)c1. The van der Waals surface area contributed by atoms with Gasteiger partial charge in [-0.15, -0.1) is 5.10 Å². The molecular weight excluding hydrogens is 416 g/mol. The number of anilines is 1. The van der Waals surface area contributed by atoms with Crippen molar-refractivity contribution in [3.8, 4) is 22.6 Å². The number of aromatic nitrogens is 6. The van der Waals surface area contributed by atoms with E-state index in [0.717, 1.165) is 22.5 Å². The van der Waals surface area contributed by atoms with E-state index >= 15 is 0 Å². The minimum Gasteiger partial charge on any atom is -0.443 e. The van der Waals surface area contributed by atoms with Crippen molar-refractivity contribution in [1.29, 1.82) is 0 Å². The topological polar surface area (TPSA) is 112 Å². The number of oxazole rings is 1. The molecule has 0 radical (unpaired) electrons. The third-order valence-electron chi connectivity index (χ3n) is 5.45. The second-order valence-corrected chi connectivity index (χ2v) is 7.54. The fourth-order valence-corrected chi connectivity index (χ4v) is 3.79. The van der Waals surface area contributed by atoms with E-state index in [9.17, 15) is 0 Å². The highest BCUT2D eigenvalue weighted by Gasteiger charge is 2.24. The first-order chi connectivity index (χ1) is 16.1. The fraction of sp³-hybridized carbons (Fsp3) is 0.167. The summed E-state index contributed by atoms with van der Waals surface area (Å²) in [5.41, 5.74) is 12.0. The van der Waals surface area contributed by atoms with E-state index in [4.69, 9.17) is 21.7 Å². The predicted molar refractivity (Wildman–Crippen MR) is 124 cm³/mol. The van der Waals surface area contributed by atoms with Gasteiger partial charge in [-0.2, -0.15) is 4.52 Å². The molecule has 0 amide bonds. The van der Waals surface area contributed by atoms with Crippen LogP contribution in [-0.2, 0) is 12.8 Å². The molecule has 9 heteroatoms. The first-order valence-corrected chi connectivity index (χ1v) is 10.4. The molecule has 0 bridgehead atoms. The Labute approximate surface area is 189 Å². The monoisotopic (exact) mass is 436 g/mol. The average Bonchev–Trinajstić information content (AvgIpc) is 3.48. The second kappa shape index (κ2) is 8.16. The van der Waals surface area contributed by atoms with Gasteiger partial charge in [-0.1, -0.05) is 31.2 Å². The van der Waals surface area contributed by atoms with Crippen molar-refractivity contribution in [2.75, 3.05) is 5.73 Å². The molecule has 0 spiro atoms. The molecule has 5 rings (SSSR count). The standard InChI is InChI=1S/C24H20N8O/c1-4-17-22(33-13-28-17)20-21(15-8-5-9-16(11-15)26-3)30-24(25)32-23(20)29-19(31-32)12-18-14(2)7-6-10-27-18/h5-11,13H,4,12H2,1-2H3,(H2,25,30). The molecule has 0 saturated carbocycles.